The molecule has 0 bridgehead atoms. The van der Waals surface area contributed by atoms with E-state index in [2.05, 4.69) is 25.6 Å². The minimum Gasteiger partial charge on any atom is -0.378 e. The fourth-order valence-corrected chi connectivity index (χ4v) is 3.04. The predicted molar refractivity (Wildman–Crippen MR) is 106 cm³/mol. The smallest absolute Gasteiger partial charge is 0.275 e. The number of anilines is 4. The number of hydrogen-bond acceptors (Lipinski definition) is 7. The van der Waals surface area contributed by atoms with Gasteiger partial charge in [0.05, 0.1) is 0 Å². The van der Waals surface area contributed by atoms with Gasteiger partial charge in [0.25, 0.3) is 5.91 Å². The Morgan fingerprint density at radius 3 is 2.31 bits per heavy atom. The molecule has 0 fully saturated rings. The molecule has 3 rings (SSSR count). The maximum Gasteiger partial charge on any atom is 0.275 e. The number of carbonyl (C=O) groups is 1. The van der Waals surface area contributed by atoms with Crippen molar-refractivity contribution in [3.63, 3.8) is 0 Å². The van der Waals surface area contributed by atoms with E-state index in [0.717, 1.165) is 22.8 Å². The Morgan fingerprint density at radius 2 is 1.69 bits per heavy atom. The third kappa shape index (κ3) is 4.34. The van der Waals surface area contributed by atoms with Crippen LogP contribution in [0, 0.1) is 13.8 Å². The number of nitrogens with zero attached hydrogens (tertiary/aromatic N) is 4. The average molecular weight is 368 g/mol. The largest absolute Gasteiger partial charge is 0.378 e. The van der Waals surface area contributed by atoms with Crippen molar-refractivity contribution in [2.24, 2.45) is 0 Å². The third-order valence-corrected chi connectivity index (χ3v) is 4.34. The Hall–Kier alpha value is -3.00. The van der Waals surface area contributed by atoms with Gasteiger partial charge in [-0.05, 0) is 44.2 Å². The predicted octanol–water partition coefficient (Wildman–Crippen LogP) is 3.61. The number of hydrogen-bond donors (Lipinski definition) is 2. The van der Waals surface area contributed by atoms with E-state index in [-0.39, 0.29) is 5.91 Å². The van der Waals surface area contributed by atoms with Crippen LogP contribution in [0.3, 0.4) is 0 Å². The first-order valence-corrected chi connectivity index (χ1v) is 8.92. The van der Waals surface area contributed by atoms with Gasteiger partial charge in [-0.2, -0.15) is 0 Å². The molecule has 0 atom stereocenters. The zero-order chi connectivity index (χ0) is 18.7. The minimum absolute atomic E-state index is 0.256. The van der Waals surface area contributed by atoms with Crippen LogP contribution in [0.15, 0.2) is 35.7 Å². The number of carbonyl (C=O) groups excluding carboxylic acids is 1. The van der Waals surface area contributed by atoms with Gasteiger partial charge in [0.2, 0.25) is 5.95 Å². The van der Waals surface area contributed by atoms with Crippen LogP contribution >= 0.6 is 11.3 Å². The van der Waals surface area contributed by atoms with Gasteiger partial charge in [-0.1, -0.05) is 0 Å². The molecule has 2 aromatic heterocycles. The van der Waals surface area contributed by atoms with E-state index in [1.54, 1.807) is 5.38 Å². The lowest BCUT2D eigenvalue weighted by atomic mass is 10.2. The Labute approximate surface area is 156 Å². The van der Waals surface area contributed by atoms with Gasteiger partial charge >= 0.3 is 0 Å². The van der Waals surface area contributed by atoms with Crippen molar-refractivity contribution in [3.05, 3.63) is 52.8 Å². The number of benzene rings is 1. The van der Waals surface area contributed by atoms with Gasteiger partial charge in [0, 0.05) is 42.2 Å². The maximum absolute atomic E-state index is 12.4. The van der Waals surface area contributed by atoms with Gasteiger partial charge in [-0.3, -0.25) is 4.79 Å². The highest BCUT2D eigenvalue weighted by molar-refractivity contribution is 7.14. The highest BCUT2D eigenvalue weighted by Crippen LogP contribution is 2.21. The number of nitrogens with one attached hydrogen (secondary N) is 2. The molecule has 8 heteroatoms. The highest BCUT2D eigenvalue weighted by atomic mass is 32.1. The molecular weight excluding hydrogens is 348 g/mol. The summed E-state index contributed by atoms with van der Waals surface area (Å²) in [7, 11) is 3.94. The molecule has 1 aromatic carbocycles. The lowest BCUT2D eigenvalue weighted by molar-refractivity contribution is 0.102. The van der Waals surface area contributed by atoms with Gasteiger partial charge in [-0.15, -0.1) is 11.3 Å². The normalized spacial score (nSPS) is 10.5. The number of aromatic nitrogens is 3. The number of amides is 1. The summed E-state index contributed by atoms with van der Waals surface area (Å²) in [5, 5.41) is 8.17. The lowest BCUT2D eigenvalue weighted by Crippen LogP contribution is -2.13. The van der Waals surface area contributed by atoms with Crippen molar-refractivity contribution in [1.29, 1.82) is 0 Å². The molecule has 0 unspecified atom stereocenters. The van der Waals surface area contributed by atoms with Crippen LogP contribution in [0.5, 0.6) is 0 Å². The second-order valence-electron chi connectivity index (χ2n) is 6.03. The topological polar surface area (TPSA) is 83.0 Å². The molecule has 7 nitrogen and oxygen atoms in total. The van der Waals surface area contributed by atoms with E-state index >= 15 is 0 Å². The van der Waals surface area contributed by atoms with Crippen molar-refractivity contribution < 1.29 is 4.79 Å². The van der Waals surface area contributed by atoms with Gasteiger partial charge in [-0.25, -0.2) is 15.0 Å². The molecule has 0 radical (unpaired) electrons. The van der Waals surface area contributed by atoms with Crippen LogP contribution < -0.4 is 15.5 Å². The molecule has 3 aromatic rings. The van der Waals surface area contributed by atoms with E-state index in [0.29, 0.717) is 16.8 Å². The first-order valence-electron chi connectivity index (χ1n) is 8.04. The summed E-state index contributed by atoms with van der Waals surface area (Å²) in [6, 6.07) is 9.51. The summed E-state index contributed by atoms with van der Waals surface area (Å²) in [5.41, 5.74) is 3.88. The monoisotopic (exact) mass is 368 g/mol. The molecule has 1 amide bonds. The Balaban J connectivity index is 1.67. The second-order valence-corrected chi connectivity index (χ2v) is 6.89. The molecule has 0 aliphatic heterocycles. The molecule has 0 saturated heterocycles. The summed E-state index contributed by atoms with van der Waals surface area (Å²) in [5.74, 6) is 0.219. The molecule has 0 aliphatic carbocycles. The Bertz CT molecular complexity index is 899. The standard InChI is InChI=1S/C18H20N6OS/c1-11-9-12(2)20-17(19-11)23-18-22-15(10-26-18)16(25)21-13-5-7-14(8-6-13)24(3)4/h5-10H,1-4H3,(H,21,25)(H,19,20,22,23). The molecule has 0 spiro atoms. The van der Waals surface area contributed by atoms with E-state index in [1.165, 1.54) is 11.3 Å². The zero-order valence-corrected chi connectivity index (χ0v) is 15.9. The van der Waals surface area contributed by atoms with Gasteiger partial charge < -0.3 is 15.5 Å². The average Bonchev–Trinajstić information content (AvgIpc) is 3.03. The Kier molecular flexibility index (Phi) is 5.13. The van der Waals surface area contributed by atoms with Crippen molar-refractivity contribution in [2.45, 2.75) is 13.8 Å². The summed E-state index contributed by atoms with van der Waals surface area (Å²) in [6.07, 6.45) is 0. The molecule has 0 saturated carbocycles. The first kappa shape index (κ1) is 17.8. The quantitative estimate of drug-likeness (QED) is 0.716. The van der Waals surface area contributed by atoms with Crippen LogP contribution in [0.25, 0.3) is 0 Å². The number of thiazole rings is 1. The molecule has 26 heavy (non-hydrogen) atoms. The fraction of sp³-hybridized carbons (Fsp3) is 0.222. The van der Waals surface area contributed by atoms with E-state index < -0.39 is 0 Å². The van der Waals surface area contributed by atoms with Crippen molar-refractivity contribution in [1.82, 2.24) is 15.0 Å². The van der Waals surface area contributed by atoms with Gasteiger partial charge in [0.15, 0.2) is 5.13 Å². The zero-order valence-electron chi connectivity index (χ0n) is 15.1. The van der Waals surface area contributed by atoms with E-state index in [4.69, 9.17) is 0 Å². The second kappa shape index (κ2) is 7.49. The number of rotatable bonds is 5. The fourth-order valence-electron chi connectivity index (χ4n) is 2.35. The van der Waals surface area contributed by atoms with Crippen LogP contribution in [0.2, 0.25) is 0 Å². The summed E-state index contributed by atoms with van der Waals surface area (Å²) >= 11 is 1.33. The molecule has 2 heterocycles. The number of aryl methyl sites for hydroxylation is 2. The minimum atomic E-state index is -0.256. The third-order valence-electron chi connectivity index (χ3n) is 3.58. The Morgan fingerprint density at radius 1 is 1.04 bits per heavy atom. The van der Waals surface area contributed by atoms with Crippen molar-refractivity contribution in [3.8, 4) is 0 Å². The van der Waals surface area contributed by atoms with Crippen LogP contribution in [-0.2, 0) is 0 Å². The van der Waals surface area contributed by atoms with Gasteiger partial charge in [0.1, 0.15) is 5.69 Å². The van der Waals surface area contributed by atoms with Crippen molar-refractivity contribution >= 4 is 39.7 Å². The maximum atomic E-state index is 12.4. The summed E-state index contributed by atoms with van der Waals surface area (Å²) in [6.45, 7) is 3.81. The van der Waals surface area contributed by atoms with Crippen LogP contribution in [-0.4, -0.2) is 35.0 Å². The molecule has 2 N–H and O–H groups in total. The molecular formula is C18H20N6OS. The van der Waals surface area contributed by atoms with Crippen LogP contribution in [0.1, 0.15) is 21.9 Å². The van der Waals surface area contributed by atoms with Crippen LogP contribution in [0.4, 0.5) is 22.5 Å². The molecule has 0 aliphatic rings. The van der Waals surface area contributed by atoms with E-state index in [9.17, 15) is 4.79 Å². The summed E-state index contributed by atoms with van der Waals surface area (Å²) < 4.78 is 0. The SMILES string of the molecule is Cc1cc(C)nc(Nc2nc(C(=O)Nc3ccc(N(C)C)cc3)cs2)n1. The summed E-state index contributed by atoms with van der Waals surface area (Å²) in [4.78, 5) is 27.3. The van der Waals surface area contributed by atoms with E-state index in [1.807, 2.05) is 63.2 Å². The lowest BCUT2D eigenvalue weighted by Gasteiger charge is -2.12. The first-order chi connectivity index (χ1) is 12.4. The molecule has 134 valence electrons. The highest BCUT2D eigenvalue weighted by Gasteiger charge is 2.12. The van der Waals surface area contributed by atoms with Crippen molar-refractivity contribution in [2.75, 3.05) is 29.6 Å².